The van der Waals surface area contributed by atoms with Gasteiger partial charge >= 0.3 is 0 Å². The SMILES string of the molecule is O=C(C(F)Cl)N1CCC(C(=O)N2CCOCC2)CC1. The molecular formula is C12H18ClFN2O3. The largest absolute Gasteiger partial charge is 0.378 e. The first kappa shape index (κ1) is 14.5. The van der Waals surface area contributed by atoms with Crippen LogP contribution in [0.25, 0.3) is 0 Å². The third-order valence-corrected chi connectivity index (χ3v) is 3.85. The smallest absolute Gasteiger partial charge is 0.272 e. The van der Waals surface area contributed by atoms with Crippen molar-refractivity contribution in [2.75, 3.05) is 39.4 Å². The molecule has 0 aromatic heterocycles. The number of carbonyl (C=O) groups excluding carboxylic acids is 2. The van der Waals surface area contributed by atoms with Crippen molar-refractivity contribution in [3.05, 3.63) is 0 Å². The lowest BCUT2D eigenvalue weighted by Crippen LogP contribution is -2.48. The van der Waals surface area contributed by atoms with Crippen LogP contribution in [0.1, 0.15) is 12.8 Å². The van der Waals surface area contributed by atoms with Gasteiger partial charge in [0.25, 0.3) is 11.5 Å². The summed E-state index contributed by atoms with van der Waals surface area (Å²) in [5.41, 5.74) is -1.98. The molecule has 5 nitrogen and oxygen atoms in total. The van der Waals surface area contributed by atoms with Gasteiger partial charge in [-0.2, -0.15) is 0 Å². The Balaban J connectivity index is 1.82. The summed E-state index contributed by atoms with van der Waals surface area (Å²) in [4.78, 5) is 26.8. The maximum atomic E-state index is 12.7. The number of likely N-dealkylation sites (tertiary alicyclic amines) is 1. The van der Waals surface area contributed by atoms with E-state index in [1.165, 1.54) is 4.90 Å². The molecule has 0 aromatic carbocycles. The molecule has 0 N–H and O–H groups in total. The van der Waals surface area contributed by atoms with Crippen molar-refractivity contribution in [1.29, 1.82) is 0 Å². The standard InChI is InChI=1S/C12H18ClFN2O3/c13-10(14)12(18)15-3-1-9(2-4-15)11(17)16-5-7-19-8-6-16/h9-10H,1-8H2. The van der Waals surface area contributed by atoms with Crippen molar-refractivity contribution in [2.45, 2.75) is 18.5 Å². The average molecular weight is 293 g/mol. The van der Waals surface area contributed by atoms with Crippen molar-refractivity contribution in [1.82, 2.24) is 9.80 Å². The number of ether oxygens (including phenoxy) is 1. The van der Waals surface area contributed by atoms with E-state index in [-0.39, 0.29) is 11.8 Å². The minimum atomic E-state index is -1.98. The van der Waals surface area contributed by atoms with E-state index in [1.807, 2.05) is 4.90 Å². The van der Waals surface area contributed by atoms with Crippen molar-refractivity contribution in [3.63, 3.8) is 0 Å². The van der Waals surface area contributed by atoms with Gasteiger partial charge in [0.05, 0.1) is 13.2 Å². The molecule has 1 atom stereocenters. The van der Waals surface area contributed by atoms with Gasteiger partial charge in [0.1, 0.15) is 0 Å². The minimum absolute atomic E-state index is 0.0736. The quantitative estimate of drug-likeness (QED) is 0.701. The molecule has 2 aliphatic rings. The Hall–Kier alpha value is -0.880. The van der Waals surface area contributed by atoms with Crippen LogP contribution in [-0.2, 0) is 14.3 Å². The van der Waals surface area contributed by atoms with Crippen molar-refractivity contribution in [2.24, 2.45) is 5.92 Å². The third kappa shape index (κ3) is 3.57. The number of halogens is 2. The molecule has 2 aliphatic heterocycles. The number of rotatable bonds is 2. The van der Waals surface area contributed by atoms with Crippen LogP contribution in [0.5, 0.6) is 0 Å². The molecule has 0 aliphatic carbocycles. The predicted octanol–water partition coefficient (Wildman–Crippen LogP) is 0.618. The van der Waals surface area contributed by atoms with Gasteiger partial charge in [-0.25, -0.2) is 4.39 Å². The van der Waals surface area contributed by atoms with Gasteiger partial charge in [0, 0.05) is 32.1 Å². The highest BCUT2D eigenvalue weighted by Crippen LogP contribution is 2.21. The zero-order valence-corrected chi connectivity index (χ0v) is 11.4. The van der Waals surface area contributed by atoms with Gasteiger partial charge in [0.15, 0.2) is 0 Å². The highest BCUT2D eigenvalue weighted by Gasteiger charge is 2.32. The monoisotopic (exact) mass is 292 g/mol. The number of nitrogens with zero attached hydrogens (tertiary/aromatic N) is 2. The topological polar surface area (TPSA) is 49.9 Å². The molecule has 7 heteroatoms. The van der Waals surface area contributed by atoms with Crippen LogP contribution in [0.2, 0.25) is 0 Å². The summed E-state index contributed by atoms with van der Waals surface area (Å²) in [5, 5.41) is 0. The molecule has 0 saturated carbocycles. The van der Waals surface area contributed by atoms with Crippen LogP contribution in [0.15, 0.2) is 0 Å². The lowest BCUT2D eigenvalue weighted by Gasteiger charge is -2.35. The number of morpholine rings is 1. The average Bonchev–Trinajstić information content (AvgIpc) is 2.46. The van der Waals surface area contributed by atoms with E-state index in [0.717, 1.165) is 0 Å². The first-order chi connectivity index (χ1) is 9.09. The molecule has 2 fully saturated rings. The van der Waals surface area contributed by atoms with Crippen molar-refractivity contribution >= 4 is 23.4 Å². The number of hydrogen-bond acceptors (Lipinski definition) is 3. The summed E-state index contributed by atoms with van der Waals surface area (Å²) in [7, 11) is 0. The predicted molar refractivity (Wildman–Crippen MR) is 67.5 cm³/mol. The van der Waals surface area contributed by atoms with E-state index in [1.54, 1.807) is 0 Å². The third-order valence-electron chi connectivity index (χ3n) is 3.67. The highest BCUT2D eigenvalue weighted by atomic mass is 35.5. The minimum Gasteiger partial charge on any atom is -0.378 e. The molecule has 1 unspecified atom stereocenters. The molecule has 0 bridgehead atoms. The number of hydrogen-bond donors (Lipinski definition) is 0. The van der Waals surface area contributed by atoms with Crippen LogP contribution in [0.3, 0.4) is 0 Å². The van der Waals surface area contributed by atoms with E-state index >= 15 is 0 Å². The summed E-state index contributed by atoms with van der Waals surface area (Å²) in [6, 6.07) is 0. The van der Waals surface area contributed by atoms with E-state index in [0.29, 0.717) is 52.2 Å². The molecule has 2 rings (SSSR count). The fraction of sp³-hybridized carbons (Fsp3) is 0.833. The van der Waals surface area contributed by atoms with Crippen LogP contribution >= 0.6 is 11.6 Å². The summed E-state index contributed by atoms with van der Waals surface area (Å²) >= 11 is 5.14. The summed E-state index contributed by atoms with van der Waals surface area (Å²) in [6.45, 7) is 3.22. The number of piperidine rings is 1. The van der Waals surface area contributed by atoms with Gasteiger partial charge in [0.2, 0.25) is 5.91 Å². The molecular weight excluding hydrogens is 275 g/mol. The summed E-state index contributed by atoms with van der Waals surface area (Å²) in [6.07, 6.45) is 1.15. The van der Waals surface area contributed by atoms with E-state index < -0.39 is 11.5 Å². The van der Waals surface area contributed by atoms with Gasteiger partial charge in [-0.3, -0.25) is 9.59 Å². The summed E-state index contributed by atoms with van der Waals surface area (Å²) < 4.78 is 17.9. The molecule has 0 spiro atoms. The fourth-order valence-electron chi connectivity index (χ4n) is 2.53. The Kier molecular flexibility index (Phi) is 4.99. The lowest BCUT2D eigenvalue weighted by atomic mass is 9.95. The fourth-order valence-corrected chi connectivity index (χ4v) is 2.66. The zero-order chi connectivity index (χ0) is 13.8. The Bertz CT molecular complexity index is 340. The second-order valence-corrected chi connectivity index (χ2v) is 5.22. The Morgan fingerprint density at radius 2 is 1.68 bits per heavy atom. The Labute approximate surface area is 116 Å². The van der Waals surface area contributed by atoms with E-state index in [2.05, 4.69) is 0 Å². The molecule has 2 amide bonds. The number of alkyl halides is 2. The molecule has 108 valence electrons. The zero-order valence-electron chi connectivity index (χ0n) is 10.7. The second-order valence-electron chi connectivity index (χ2n) is 4.84. The van der Waals surface area contributed by atoms with Crippen LogP contribution in [-0.4, -0.2) is 66.6 Å². The highest BCUT2D eigenvalue weighted by molar-refractivity contribution is 6.29. The van der Waals surface area contributed by atoms with Crippen LogP contribution in [0, 0.1) is 5.92 Å². The van der Waals surface area contributed by atoms with Gasteiger partial charge in [-0.15, -0.1) is 0 Å². The van der Waals surface area contributed by atoms with Crippen molar-refractivity contribution in [3.8, 4) is 0 Å². The molecule has 2 heterocycles. The normalized spacial score (nSPS) is 23.3. The van der Waals surface area contributed by atoms with Gasteiger partial charge < -0.3 is 14.5 Å². The van der Waals surface area contributed by atoms with Crippen LogP contribution < -0.4 is 0 Å². The Morgan fingerprint density at radius 1 is 1.11 bits per heavy atom. The molecule has 0 radical (unpaired) electrons. The van der Waals surface area contributed by atoms with Crippen molar-refractivity contribution < 1.29 is 18.7 Å². The van der Waals surface area contributed by atoms with Crippen LogP contribution in [0.4, 0.5) is 4.39 Å². The first-order valence-electron chi connectivity index (χ1n) is 6.53. The Morgan fingerprint density at radius 3 is 2.21 bits per heavy atom. The molecule has 19 heavy (non-hydrogen) atoms. The van der Waals surface area contributed by atoms with Gasteiger partial charge in [-0.1, -0.05) is 11.6 Å². The lowest BCUT2D eigenvalue weighted by molar-refractivity contribution is -0.144. The summed E-state index contributed by atoms with van der Waals surface area (Å²) in [5.74, 6) is -0.646. The number of carbonyl (C=O) groups is 2. The van der Waals surface area contributed by atoms with E-state index in [9.17, 15) is 14.0 Å². The maximum Gasteiger partial charge on any atom is 0.272 e. The molecule has 0 aromatic rings. The second kappa shape index (κ2) is 6.52. The number of amides is 2. The van der Waals surface area contributed by atoms with Gasteiger partial charge in [-0.05, 0) is 12.8 Å². The van der Waals surface area contributed by atoms with E-state index in [4.69, 9.17) is 16.3 Å². The maximum absolute atomic E-state index is 12.7. The molecule has 2 saturated heterocycles. The first-order valence-corrected chi connectivity index (χ1v) is 6.96.